The Hall–Kier alpha value is -1.37. The molecule has 1 aromatic heterocycles. The van der Waals surface area contributed by atoms with Crippen molar-refractivity contribution in [3.63, 3.8) is 0 Å². The zero-order chi connectivity index (χ0) is 16.4. The number of nitrogens with zero attached hydrogens (tertiary/aromatic N) is 3. The molecule has 0 unspecified atom stereocenters. The molecule has 24 heavy (non-hydrogen) atoms. The largest absolute Gasteiger partial charge is 0.368 e. The quantitative estimate of drug-likeness (QED) is 0.711. The van der Waals surface area contributed by atoms with E-state index in [2.05, 4.69) is 45.6 Å². The van der Waals surface area contributed by atoms with Crippen LogP contribution in [0.5, 0.6) is 0 Å². The molecule has 4 rings (SSSR count). The Bertz CT molecular complexity index is 663. The van der Waals surface area contributed by atoms with Gasteiger partial charge >= 0.3 is 0 Å². The first-order valence-electron chi connectivity index (χ1n) is 8.63. The zero-order valence-electron chi connectivity index (χ0n) is 14.0. The van der Waals surface area contributed by atoms with Gasteiger partial charge in [0.2, 0.25) is 0 Å². The van der Waals surface area contributed by atoms with Crippen molar-refractivity contribution in [1.82, 2.24) is 15.0 Å². The van der Waals surface area contributed by atoms with Crippen LogP contribution < -0.4 is 0 Å². The number of ether oxygens (including phenoxy) is 1. The van der Waals surface area contributed by atoms with Gasteiger partial charge in [-0.3, -0.25) is 4.90 Å². The molecule has 1 aliphatic carbocycles. The molecule has 2 heterocycles. The highest BCUT2D eigenvalue weighted by Gasteiger charge is 2.31. The molecule has 0 spiro atoms. The lowest BCUT2D eigenvalue weighted by Crippen LogP contribution is -2.25. The number of aromatic nitrogens is 2. The zero-order valence-corrected chi connectivity index (χ0v) is 14.8. The van der Waals surface area contributed by atoms with Gasteiger partial charge in [-0.15, -0.1) is 11.8 Å². The van der Waals surface area contributed by atoms with Crippen LogP contribution in [0.25, 0.3) is 0 Å². The molecule has 2 aromatic rings. The lowest BCUT2D eigenvalue weighted by atomic mass is 10.2. The molecule has 1 atom stereocenters. The summed E-state index contributed by atoms with van der Waals surface area (Å²) < 4.78 is 11.0. The Kier molecular flexibility index (Phi) is 4.87. The minimum atomic E-state index is -0.000266. The van der Waals surface area contributed by atoms with Crippen LogP contribution in [0, 0.1) is 0 Å². The van der Waals surface area contributed by atoms with Gasteiger partial charge < -0.3 is 9.26 Å². The fourth-order valence-electron chi connectivity index (χ4n) is 3.14. The minimum absolute atomic E-state index is 0.000266. The van der Waals surface area contributed by atoms with E-state index in [1.807, 2.05) is 0 Å². The predicted octanol–water partition coefficient (Wildman–Crippen LogP) is 3.81. The Morgan fingerprint density at radius 1 is 1.17 bits per heavy atom. The highest BCUT2D eigenvalue weighted by Crippen LogP contribution is 2.31. The summed E-state index contributed by atoms with van der Waals surface area (Å²) in [5.41, 5.74) is 1.34. The highest BCUT2D eigenvalue weighted by atomic mass is 32.2. The van der Waals surface area contributed by atoms with Crippen molar-refractivity contribution in [2.75, 3.05) is 12.9 Å². The minimum Gasteiger partial charge on any atom is -0.368 e. The molecule has 0 N–H and O–H groups in total. The number of thioether (sulfide) groups is 1. The third-order valence-electron chi connectivity index (χ3n) is 4.64. The molecular weight excluding hydrogens is 322 g/mol. The first kappa shape index (κ1) is 16.1. The molecule has 128 valence electrons. The molecule has 2 aliphatic rings. The van der Waals surface area contributed by atoms with Crippen molar-refractivity contribution < 1.29 is 9.26 Å². The van der Waals surface area contributed by atoms with Gasteiger partial charge in [0.1, 0.15) is 6.10 Å². The Morgan fingerprint density at radius 3 is 2.67 bits per heavy atom. The van der Waals surface area contributed by atoms with Crippen LogP contribution in [0.15, 0.2) is 33.7 Å². The smallest absolute Gasteiger partial charge is 0.255 e. The second-order valence-corrected chi connectivity index (χ2v) is 7.41. The maximum Gasteiger partial charge on any atom is 0.255 e. The van der Waals surface area contributed by atoms with Crippen LogP contribution in [-0.2, 0) is 17.8 Å². The predicted molar refractivity (Wildman–Crippen MR) is 92.7 cm³/mol. The van der Waals surface area contributed by atoms with E-state index in [-0.39, 0.29) is 6.10 Å². The van der Waals surface area contributed by atoms with Gasteiger partial charge in [-0.05, 0) is 49.6 Å². The van der Waals surface area contributed by atoms with Crippen molar-refractivity contribution in [3.05, 3.63) is 41.5 Å². The number of hydrogen-bond donors (Lipinski definition) is 0. The number of rotatable bonds is 7. The van der Waals surface area contributed by atoms with Gasteiger partial charge in [0.25, 0.3) is 5.89 Å². The lowest BCUT2D eigenvalue weighted by Gasteiger charge is -2.20. The molecule has 2 fully saturated rings. The Labute approximate surface area is 146 Å². The summed E-state index contributed by atoms with van der Waals surface area (Å²) in [5.74, 6) is 1.41. The summed E-state index contributed by atoms with van der Waals surface area (Å²) in [6.45, 7) is 2.47. The summed E-state index contributed by atoms with van der Waals surface area (Å²) in [6.07, 6.45) is 6.68. The van der Waals surface area contributed by atoms with Crippen LogP contribution in [0.1, 0.15) is 49.1 Å². The standard InChI is InChI=1S/C18H23N3O2S/c1-24-15-8-4-13(5-9-15)11-21(14-6-7-14)12-17-19-18(23-20-17)16-3-2-10-22-16/h4-5,8-9,14,16H,2-3,6-7,10-12H2,1H3/t16-/m1/s1. The van der Waals surface area contributed by atoms with E-state index in [0.717, 1.165) is 38.4 Å². The third-order valence-corrected chi connectivity index (χ3v) is 5.38. The molecular formula is C18H23N3O2S. The normalized spacial score (nSPS) is 20.8. The summed E-state index contributed by atoms with van der Waals surface area (Å²) >= 11 is 1.77. The summed E-state index contributed by atoms with van der Waals surface area (Å²) in [6, 6.07) is 9.46. The summed E-state index contributed by atoms with van der Waals surface area (Å²) in [7, 11) is 0. The Morgan fingerprint density at radius 2 is 2.00 bits per heavy atom. The molecule has 1 aliphatic heterocycles. The molecule has 5 nitrogen and oxygen atoms in total. The maximum atomic E-state index is 5.62. The molecule has 6 heteroatoms. The van der Waals surface area contributed by atoms with E-state index >= 15 is 0 Å². The molecule has 1 saturated heterocycles. The molecule has 0 bridgehead atoms. The second kappa shape index (κ2) is 7.25. The van der Waals surface area contributed by atoms with Crippen molar-refractivity contribution in [2.24, 2.45) is 0 Å². The van der Waals surface area contributed by atoms with Crippen molar-refractivity contribution in [2.45, 2.75) is 55.8 Å². The van der Waals surface area contributed by atoms with E-state index < -0.39 is 0 Å². The van der Waals surface area contributed by atoms with Crippen molar-refractivity contribution >= 4 is 11.8 Å². The number of hydrogen-bond acceptors (Lipinski definition) is 6. The van der Waals surface area contributed by atoms with E-state index in [9.17, 15) is 0 Å². The fourth-order valence-corrected chi connectivity index (χ4v) is 3.54. The van der Waals surface area contributed by atoms with E-state index in [4.69, 9.17) is 9.26 Å². The molecule has 0 radical (unpaired) electrons. The van der Waals surface area contributed by atoms with Crippen LogP contribution in [-0.4, -0.2) is 33.9 Å². The van der Waals surface area contributed by atoms with Crippen molar-refractivity contribution in [3.8, 4) is 0 Å². The maximum absolute atomic E-state index is 5.62. The van der Waals surface area contributed by atoms with Crippen LogP contribution in [0.2, 0.25) is 0 Å². The average molecular weight is 345 g/mol. The lowest BCUT2D eigenvalue weighted by molar-refractivity contribution is 0.0835. The average Bonchev–Trinajstić information content (AvgIpc) is 3.11. The van der Waals surface area contributed by atoms with Gasteiger partial charge in [-0.1, -0.05) is 17.3 Å². The first-order chi connectivity index (χ1) is 11.8. The van der Waals surface area contributed by atoms with Gasteiger partial charge in [0, 0.05) is 24.1 Å². The third kappa shape index (κ3) is 3.82. The van der Waals surface area contributed by atoms with Gasteiger partial charge in [0.15, 0.2) is 5.82 Å². The van der Waals surface area contributed by atoms with E-state index in [0.29, 0.717) is 11.9 Å². The molecule has 1 saturated carbocycles. The SMILES string of the molecule is CSc1ccc(CN(Cc2noc([C@H]3CCCO3)n2)C2CC2)cc1. The van der Waals surface area contributed by atoms with Crippen molar-refractivity contribution in [1.29, 1.82) is 0 Å². The summed E-state index contributed by atoms with van der Waals surface area (Å²) in [5, 5.41) is 4.17. The van der Waals surface area contributed by atoms with Crippen LogP contribution >= 0.6 is 11.8 Å². The monoisotopic (exact) mass is 345 g/mol. The van der Waals surface area contributed by atoms with E-state index in [1.54, 1.807) is 11.8 Å². The highest BCUT2D eigenvalue weighted by molar-refractivity contribution is 7.98. The van der Waals surface area contributed by atoms with Gasteiger partial charge in [-0.25, -0.2) is 0 Å². The summed E-state index contributed by atoms with van der Waals surface area (Å²) in [4.78, 5) is 8.32. The molecule has 0 amide bonds. The second-order valence-electron chi connectivity index (χ2n) is 6.53. The topological polar surface area (TPSA) is 51.4 Å². The van der Waals surface area contributed by atoms with Crippen LogP contribution in [0.4, 0.5) is 0 Å². The fraction of sp³-hybridized carbons (Fsp3) is 0.556. The number of benzene rings is 1. The molecule has 1 aromatic carbocycles. The first-order valence-corrected chi connectivity index (χ1v) is 9.85. The Balaban J connectivity index is 1.41. The van der Waals surface area contributed by atoms with Gasteiger partial charge in [0.05, 0.1) is 6.54 Å². The van der Waals surface area contributed by atoms with Crippen LogP contribution in [0.3, 0.4) is 0 Å². The van der Waals surface area contributed by atoms with E-state index in [1.165, 1.54) is 23.3 Å². The van der Waals surface area contributed by atoms with Gasteiger partial charge in [-0.2, -0.15) is 4.98 Å².